The minimum atomic E-state index is -0.784. The number of carbonyl (C=O) groups is 3. The molecular weight excluding hydrogens is 901 g/mol. The fourth-order valence-corrected chi connectivity index (χ4v) is 8.88. The fourth-order valence-electron chi connectivity index (χ4n) is 8.88. The first kappa shape index (κ1) is 69.8. The van der Waals surface area contributed by atoms with Crippen molar-refractivity contribution in [1.29, 1.82) is 0 Å². The molecule has 0 aromatic heterocycles. The van der Waals surface area contributed by atoms with Gasteiger partial charge in [-0.1, -0.05) is 267 Å². The third-order valence-electron chi connectivity index (χ3n) is 13.6. The monoisotopic (exact) mass is 1020 g/mol. The van der Waals surface area contributed by atoms with Gasteiger partial charge in [0.1, 0.15) is 13.2 Å². The standard InChI is InChI=1S/C67H118O6/c1-4-7-10-13-16-19-22-24-26-27-28-29-30-31-32-33-34-35-36-37-38-39-40-41-42-44-45-48-51-54-57-60-66(69)72-63-64(62-71-65(68)59-56-53-50-47-21-18-15-12-9-6-3)73-67(70)61-58-55-52-49-46-43-25-23-20-17-14-11-8-5-2/h12,14-15,17,22-25,27-28,30-31,64H,4-11,13,16,18-21,26,29,32-63H2,1-3H3/b15-12-,17-14-,24-22-,25-23-,28-27-,31-30-. The summed E-state index contributed by atoms with van der Waals surface area (Å²) >= 11 is 0. The normalized spacial score (nSPS) is 12.5. The third-order valence-corrected chi connectivity index (χ3v) is 13.6. The number of allylic oxidation sites excluding steroid dienone is 12. The van der Waals surface area contributed by atoms with Gasteiger partial charge in [-0.25, -0.2) is 0 Å². The van der Waals surface area contributed by atoms with E-state index < -0.39 is 6.10 Å². The number of carbonyl (C=O) groups excluding carboxylic acids is 3. The number of unbranched alkanes of at least 4 members (excludes halogenated alkanes) is 34. The van der Waals surface area contributed by atoms with E-state index in [2.05, 4.69) is 93.7 Å². The highest BCUT2D eigenvalue weighted by atomic mass is 16.6. The smallest absolute Gasteiger partial charge is 0.306 e. The average molecular weight is 1020 g/mol. The van der Waals surface area contributed by atoms with E-state index in [1.165, 1.54) is 167 Å². The number of ether oxygens (including phenoxy) is 3. The Balaban J connectivity index is 4.11. The van der Waals surface area contributed by atoms with Crippen molar-refractivity contribution in [3.63, 3.8) is 0 Å². The Morgan fingerprint density at radius 1 is 0.274 bits per heavy atom. The molecule has 1 unspecified atom stereocenters. The molecule has 6 nitrogen and oxygen atoms in total. The summed E-state index contributed by atoms with van der Waals surface area (Å²) in [5, 5.41) is 0. The summed E-state index contributed by atoms with van der Waals surface area (Å²) in [4.78, 5) is 38.1. The molecule has 0 heterocycles. The average Bonchev–Trinajstić information content (AvgIpc) is 3.39. The molecule has 0 rings (SSSR count). The van der Waals surface area contributed by atoms with Gasteiger partial charge in [0, 0.05) is 19.3 Å². The van der Waals surface area contributed by atoms with Crippen molar-refractivity contribution < 1.29 is 28.6 Å². The lowest BCUT2D eigenvalue weighted by Gasteiger charge is -2.18. The topological polar surface area (TPSA) is 78.9 Å². The molecule has 0 spiro atoms. The van der Waals surface area contributed by atoms with Crippen molar-refractivity contribution >= 4 is 17.9 Å². The maximum Gasteiger partial charge on any atom is 0.306 e. The number of esters is 3. The van der Waals surface area contributed by atoms with Crippen LogP contribution in [0.1, 0.15) is 316 Å². The van der Waals surface area contributed by atoms with Gasteiger partial charge in [0.2, 0.25) is 0 Å². The van der Waals surface area contributed by atoms with Gasteiger partial charge in [0.25, 0.3) is 0 Å². The summed E-state index contributed by atoms with van der Waals surface area (Å²) in [7, 11) is 0. The minimum absolute atomic E-state index is 0.0819. The van der Waals surface area contributed by atoms with Gasteiger partial charge in [-0.05, 0) is 103 Å². The molecule has 0 aliphatic carbocycles. The van der Waals surface area contributed by atoms with Crippen molar-refractivity contribution in [3.8, 4) is 0 Å². The van der Waals surface area contributed by atoms with Crippen LogP contribution in [-0.2, 0) is 28.6 Å². The SMILES string of the molecule is CCC/C=C\CCCCCCCC(=O)OCC(COC(=O)CCCCCCCCCCCCCCCCCC/C=C\C/C=C\C/C=C\CCCCCCC)OC(=O)CCCCCCC/C=C\C/C=C\CCCC. The quantitative estimate of drug-likeness (QED) is 0.0261. The Bertz CT molecular complexity index is 1360. The van der Waals surface area contributed by atoms with E-state index in [9.17, 15) is 14.4 Å². The van der Waals surface area contributed by atoms with Crippen LogP contribution in [0.2, 0.25) is 0 Å². The summed E-state index contributed by atoms with van der Waals surface area (Å²) < 4.78 is 16.8. The first-order valence-electron chi connectivity index (χ1n) is 31.4. The van der Waals surface area contributed by atoms with Gasteiger partial charge >= 0.3 is 17.9 Å². The van der Waals surface area contributed by atoms with Crippen molar-refractivity contribution in [2.45, 2.75) is 322 Å². The molecule has 0 fully saturated rings. The lowest BCUT2D eigenvalue weighted by atomic mass is 10.0. The second-order valence-corrected chi connectivity index (χ2v) is 21.0. The zero-order valence-corrected chi connectivity index (χ0v) is 48.4. The number of rotatable bonds is 57. The van der Waals surface area contributed by atoms with Crippen LogP contribution in [0.3, 0.4) is 0 Å². The molecule has 0 aliphatic rings. The second-order valence-electron chi connectivity index (χ2n) is 21.0. The molecule has 0 aromatic carbocycles. The molecule has 0 saturated carbocycles. The number of hydrogen-bond donors (Lipinski definition) is 0. The van der Waals surface area contributed by atoms with E-state index in [1.54, 1.807) is 0 Å². The summed E-state index contributed by atoms with van der Waals surface area (Å²) in [6.45, 7) is 6.53. The van der Waals surface area contributed by atoms with Crippen LogP contribution in [-0.4, -0.2) is 37.2 Å². The zero-order valence-electron chi connectivity index (χ0n) is 48.4. The van der Waals surface area contributed by atoms with E-state index in [1.807, 2.05) is 0 Å². The van der Waals surface area contributed by atoms with Gasteiger partial charge in [0.15, 0.2) is 6.10 Å². The zero-order chi connectivity index (χ0) is 52.9. The Hall–Kier alpha value is -3.15. The van der Waals surface area contributed by atoms with Crippen LogP contribution in [0, 0.1) is 0 Å². The Morgan fingerprint density at radius 2 is 0.534 bits per heavy atom. The Labute approximate surface area is 453 Å². The van der Waals surface area contributed by atoms with Crippen molar-refractivity contribution in [3.05, 3.63) is 72.9 Å². The molecular formula is C67H118O6. The molecule has 0 saturated heterocycles. The molecule has 0 N–H and O–H groups in total. The lowest BCUT2D eigenvalue weighted by molar-refractivity contribution is -0.167. The molecule has 6 heteroatoms. The summed E-state index contributed by atoms with van der Waals surface area (Å²) in [5.74, 6) is -0.898. The molecule has 422 valence electrons. The van der Waals surface area contributed by atoms with E-state index in [4.69, 9.17) is 14.2 Å². The van der Waals surface area contributed by atoms with Gasteiger partial charge in [-0.15, -0.1) is 0 Å². The van der Waals surface area contributed by atoms with E-state index in [0.717, 1.165) is 109 Å². The maximum atomic E-state index is 12.8. The molecule has 0 radical (unpaired) electrons. The van der Waals surface area contributed by atoms with Crippen molar-refractivity contribution in [2.75, 3.05) is 13.2 Å². The van der Waals surface area contributed by atoms with Crippen LogP contribution >= 0.6 is 0 Å². The Morgan fingerprint density at radius 3 is 0.877 bits per heavy atom. The van der Waals surface area contributed by atoms with Crippen molar-refractivity contribution in [1.82, 2.24) is 0 Å². The van der Waals surface area contributed by atoms with Crippen LogP contribution in [0.4, 0.5) is 0 Å². The highest BCUT2D eigenvalue weighted by Crippen LogP contribution is 2.16. The number of hydrogen-bond acceptors (Lipinski definition) is 6. The van der Waals surface area contributed by atoms with Crippen LogP contribution in [0.25, 0.3) is 0 Å². The predicted octanol–water partition coefficient (Wildman–Crippen LogP) is 21.3. The molecule has 73 heavy (non-hydrogen) atoms. The summed E-state index contributed by atoms with van der Waals surface area (Å²) in [5.41, 5.74) is 0. The van der Waals surface area contributed by atoms with Crippen LogP contribution in [0.5, 0.6) is 0 Å². The van der Waals surface area contributed by atoms with Crippen LogP contribution in [0.15, 0.2) is 72.9 Å². The molecule has 0 amide bonds. The third kappa shape index (κ3) is 59.6. The molecule has 0 bridgehead atoms. The van der Waals surface area contributed by atoms with Gasteiger partial charge < -0.3 is 14.2 Å². The lowest BCUT2D eigenvalue weighted by Crippen LogP contribution is -2.30. The highest BCUT2D eigenvalue weighted by molar-refractivity contribution is 5.71. The molecule has 1 atom stereocenters. The Kier molecular flexibility index (Phi) is 58.7. The molecule has 0 aliphatic heterocycles. The second kappa shape index (κ2) is 61.4. The van der Waals surface area contributed by atoms with Gasteiger partial charge in [-0.3, -0.25) is 14.4 Å². The van der Waals surface area contributed by atoms with Crippen LogP contribution < -0.4 is 0 Å². The largest absolute Gasteiger partial charge is 0.462 e. The highest BCUT2D eigenvalue weighted by Gasteiger charge is 2.19. The maximum absolute atomic E-state index is 12.8. The van der Waals surface area contributed by atoms with E-state index in [0.29, 0.717) is 19.3 Å². The van der Waals surface area contributed by atoms with E-state index in [-0.39, 0.29) is 31.1 Å². The first-order valence-corrected chi connectivity index (χ1v) is 31.4. The van der Waals surface area contributed by atoms with Gasteiger partial charge in [-0.2, -0.15) is 0 Å². The summed E-state index contributed by atoms with van der Waals surface area (Å²) in [6.07, 6.45) is 79.3. The predicted molar refractivity (Wildman–Crippen MR) is 316 cm³/mol. The van der Waals surface area contributed by atoms with Crippen molar-refractivity contribution in [2.24, 2.45) is 0 Å². The summed E-state index contributed by atoms with van der Waals surface area (Å²) in [6, 6.07) is 0. The molecule has 0 aromatic rings. The first-order chi connectivity index (χ1) is 36.0. The minimum Gasteiger partial charge on any atom is -0.462 e. The fraction of sp³-hybridized carbons (Fsp3) is 0.776. The van der Waals surface area contributed by atoms with Gasteiger partial charge in [0.05, 0.1) is 0 Å². The van der Waals surface area contributed by atoms with E-state index >= 15 is 0 Å².